The van der Waals surface area contributed by atoms with E-state index >= 15 is 0 Å². The first-order valence-corrected chi connectivity index (χ1v) is 8.88. The molecule has 3 aromatic heterocycles. The second-order valence-corrected chi connectivity index (χ2v) is 6.42. The van der Waals surface area contributed by atoms with Gasteiger partial charge in [-0.1, -0.05) is 6.07 Å². The number of hydrogen-bond donors (Lipinski definition) is 1. The number of aromatic nitrogens is 4. The van der Waals surface area contributed by atoms with Crippen LogP contribution in [0.1, 0.15) is 0 Å². The lowest BCUT2D eigenvalue weighted by Gasteiger charge is -2.23. The van der Waals surface area contributed by atoms with Crippen molar-refractivity contribution in [3.8, 4) is 21.8 Å². The van der Waals surface area contributed by atoms with Crippen LogP contribution in [0.15, 0.2) is 42.3 Å². The fraction of sp³-hybridized carbons (Fsp3) is 0.294. The molecule has 0 radical (unpaired) electrons. The van der Waals surface area contributed by atoms with E-state index < -0.39 is 0 Å². The first kappa shape index (κ1) is 16.1. The van der Waals surface area contributed by atoms with Crippen molar-refractivity contribution in [2.45, 2.75) is 6.10 Å². The molecule has 8 heteroatoms. The van der Waals surface area contributed by atoms with Gasteiger partial charge < -0.3 is 14.8 Å². The Kier molecular flexibility index (Phi) is 4.91. The van der Waals surface area contributed by atoms with Crippen LogP contribution in [-0.4, -0.2) is 52.4 Å². The first-order valence-electron chi connectivity index (χ1n) is 8.00. The summed E-state index contributed by atoms with van der Waals surface area (Å²) in [5.41, 5.74) is 2.45. The second kappa shape index (κ2) is 7.64. The van der Waals surface area contributed by atoms with Crippen molar-refractivity contribution in [3.05, 3.63) is 42.3 Å². The Morgan fingerprint density at radius 2 is 2.20 bits per heavy atom. The molecule has 25 heavy (non-hydrogen) atoms. The quantitative estimate of drug-likeness (QED) is 0.753. The van der Waals surface area contributed by atoms with Gasteiger partial charge in [0.15, 0.2) is 0 Å². The highest BCUT2D eigenvalue weighted by Crippen LogP contribution is 2.32. The van der Waals surface area contributed by atoms with Crippen molar-refractivity contribution in [2.24, 2.45) is 0 Å². The zero-order valence-corrected chi connectivity index (χ0v) is 14.3. The van der Waals surface area contributed by atoms with Crippen LogP contribution in [0.2, 0.25) is 0 Å². The molecule has 0 amide bonds. The molecule has 4 rings (SSSR count). The van der Waals surface area contributed by atoms with Crippen molar-refractivity contribution < 1.29 is 9.47 Å². The van der Waals surface area contributed by atoms with E-state index in [9.17, 15) is 0 Å². The predicted octanol–water partition coefficient (Wildman–Crippen LogP) is 2.49. The van der Waals surface area contributed by atoms with Crippen LogP contribution >= 0.6 is 11.3 Å². The zero-order chi connectivity index (χ0) is 16.9. The highest BCUT2D eigenvalue weighted by Gasteiger charge is 2.16. The summed E-state index contributed by atoms with van der Waals surface area (Å²) in [5, 5.41) is 5.26. The van der Waals surface area contributed by atoms with Crippen molar-refractivity contribution in [1.82, 2.24) is 19.9 Å². The minimum Gasteiger partial charge on any atom is -0.376 e. The van der Waals surface area contributed by atoms with Crippen molar-refractivity contribution in [1.29, 1.82) is 0 Å². The first-order chi connectivity index (χ1) is 12.4. The van der Waals surface area contributed by atoms with Gasteiger partial charge in [0.25, 0.3) is 0 Å². The van der Waals surface area contributed by atoms with E-state index in [4.69, 9.17) is 14.5 Å². The van der Waals surface area contributed by atoms with E-state index in [1.54, 1.807) is 36.1 Å². The van der Waals surface area contributed by atoms with E-state index in [1.165, 1.54) is 0 Å². The number of rotatable bonds is 5. The number of thiophene rings is 1. The van der Waals surface area contributed by atoms with Crippen LogP contribution < -0.4 is 5.32 Å². The van der Waals surface area contributed by atoms with Crippen LogP contribution in [0.4, 0.5) is 5.95 Å². The predicted molar refractivity (Wildman–Crippen MR) is 95.4 cm³/mol. The standard InChI is InChI=1S/C17H17N5O2S/c1-2-15(25-7-1)16-13(14-10-18-3-4-19-14)9-21-17(22-16)20-8-12-11-23-5-6-24-12/h1-4,7,9-10,12H,5-6,8,11H2,(H,20,21,22)/t12-/m0/s1. The van der Waals surface area contributed by atoms with Gasteiger partial charge in [-0.25, -0.2) is 9.97 Å². The molecule has 128 valence electrons. The van der Waals surface area contributed by atoms with Gasteiger partial charge in [-0.05, 0) is 11.4 Å². The summed E-state index contributed by atoms with van der Waals surface area (Å²) in [7, 11) is 0. The SMILES string of the molecule is c1csc(-c2nc(NC[C@H]3COCCO3)ncc2-c2cnccn2)c1. The molecule has 1 saturated heterocycles. The number of hydrogen-bond acceptors (Lipinski definition) is 8. The van der Waals surface area contributed by atoms with Crippen molar-refractivity contribution in [3.63, 3.8) is 0 Å². The second-order valence-electron chi connectivity index (χ2n) is 5.47. The molecule has 3 aromatic rings. The topological polar surface area (TPSA) is 82.1 Å². The highest BCUT2D eigenvalue weighted by atomic mass is 32.1. The summed E-state index contributed by atoms with van der Waals surface area (Å²) >= 11 is 1.63. The number of nitrogens with zero attached hydrogens (tertiary/aromatic N) is 4. The van der Waals surface area contributed by atoms with Crippen LogP contribution in [-0.2, 0) is 9.47 Å². The van der Waals surface area contributed by atoms with Crippen LogP contribution in [0.25, 0.3) is 21.8 Å². The fourth-order valence-electron chi connectivity index (χ4n) is 2.55. The molecule has 4 heterocycles. The summed E-state index contributed by atoms with van der Waals surface area (Å²) in [4.78, 5) is 18.7. The minimum atomic E-state index is 0.0159. The van der Waals surface area contributed by atoms with Crippen molar-refractivity contribution in [2.75, 3.05) is 31.7 Å². The maximum Gasteiger partial charge on any atom is 0.223 e. The third-order valence-electron chi connectivity index (χ3n) is 3.76. The van der Waals surface area contributed by atoms with E-state index in [2.05, 4.69) is 20.3 Å². The monoisotopic (exact) mass is 355 g/mol. The zero-order valence-electron chi connectivity index (χ0n) is 13.5. The Hall–Kier alpha value is -2.42. The fourth-order valence-corrected chi connectivity index (χ4v) is 3.28. The smallest absolute Gasteiger partial charge is 0.223 e. The Morgan fingerprint density at radius 1 is 1.20 bits per heavy atom. The van der Waals surface area contributed by atoms with E-state index in [0.717, 1.165) is 21.8 Å². The van der Waals surface area contributed by atoms with E-state index in [-0.39, 0.29) is 6.10 Å². The summed E-state index contributed by atoms with van der Waals surface area (Å²) in [6.45, 7) is 2.47. The number of nitrogens with one attached hydrogen (secondary N) is 1. The summed E-state index contributed by atoms with van der Waals surface area (Å²) in [6, 6.07) is 4.04. The minimum absolute atomic E-state index is 0.0159. The molecule has 0 saturated carbocycles. The summed E-state index contributed by atoms with van der Waals surface area (Å²) in [5.74, 6) is 0.560. The van der Waals surface area contributed by atoms with Crippen molar-refractivity contribution >= 4 is 17.3 Å². The number of anilines is 1. The van der Waals surface area contributed by atoms with Gasteiger partial charge in [-0.2, -0.15) is 0 Å². The van der Waals surface area contributed by atoms with Gasteiger partial charge in [0, 0.05) is 30.7 Å². The van der Waals surface area contributed by atoms with Gasteiger partial charge in [-0.3, -0.25) is 9.97 Å². The highest BCUT2D eigenvalue weighted by molar-refractivity contribution is 7.13. The Balaban J connectivity index is 1.61. The maximum atomic E-state index is 5.64. The summed E-state index contributed by atoms with van der Waals surface area (Å²) in [6.07, 6.45) is 6.84. The molecule has 0 aromatic carbocycles. The Morgan fingerprint density at radius 3 is 2.96 bits per heavy atom. The summed E-state index contributed by atoms with van der Waals surface area (Å²) < 4.78 is 11.0. The van der Waals surface area contributed by atoms with E-state index in [1.807, 2.05) is 17.5 Å². The van der Waals surface area contributed by atoms with E-state index in [0.29, 0.717) is 32.3 Å². The lowest BCUT2D eigenvalue weighted by atomic mass is 10.1. The van der Waals surface area contributed by atoms with Gasteiger partial charge in [0.2, 0.25) is 5.95 Å². The van der Waals surface area contributed by atoms with Gasteiger partial charge in [0.1, 0.15) is 0 Å². The Labute approximate surface area is 149 Å². The molecule has 1 N–H and O–H groups in total. The van der Waals surface area contributed by atoms with Crippen LogP contribution in [0, 0.1) is 0 Å². The third-order valence-corrected chi connectivity index (χ3v) is 4.63. The Bertz CT molecular complexity index is 807. The molecule has 0 unspecified atom stereocenters. The van der Waals surface area contributed by atoms with Gasteiger partial charge in [-0.15, -0.1) is 11.3 Å². The van der Waals surface area contributed by atoms with Gasteiger partial charge >= 0.3 is 0 Å². The average molecular weight is 355 g/mol. The molecule has 0 bridgehead atoms. The largest absolute Gasteiger partial charge is 0.376 e. The molecule has 1 aliphatic heterocycles. The normalized spacial score (nSPS) is 17.4. The number of ether oxygens (including phenoxy) is 2. The van der Waals surface area contributed by atoms with Crippen LogP contribution in [0.5, 0.6) is 0 Å². The average Bonchev–Trinajstić information content (AvgIpc) is 3.22. The lowest BCUT2D eigenvalue weighted by molar-refractivity contribution is -0.0819. The molecule has 0 spiro atoms. The molecular formula is C17H17N5O2S. The molecule has 1 atom stereocenters. The molecule has 1 fully saturated rings. The van der Waals surface area contributed by atoms with Crippen LogP contribution in [0.3, 0.4) is 0 Å². The maximum absolute atomic E-state index is 5.64. The molecule has 7 nitrogen and oxygen atoms in total. The molecule has 0 aliphatic carbocycles. The third kappa shape index (κ3) is 3.81. The lowest BCUT2D eigenvalue weighted by Crippen LogP contribution is -2.34. The molecular weight excluding hydrogens is 338 g/mol. The van der Waals surface area contributed by atoms with Gasteiger partial charge in [0.05, 0.1) is 48.4 Å². The molecule has 1 aliphatic rings.